The number of hydrogen-bond donors (Lipinski definition) is 2. The van der Waals surface area contributed by atoms with Crippen LogP contribution < -0.4 is 10.1 Å². The van der Waals surface area contributed by atoms with Gasteiger partial charge in [-0.1, -0.05) is 60.0 Å². The summed E-state index contributed by atoms with van der Waals surface area (Å²) < 4.78 is 6.01. The van der Waals surface area contributed by atoms with Crippen LogP contribution in [0.1, 0.15) is 46.6 Å². The molecular weight excluding hydrogens is 483 g/mol. The number of benzene rings is 2. The van der Waals surface area contributed by atoms with Gasteiger partial charge in [0.25, 0.3) is 5.91 Å². The number of carbonyl (C=O) groups excluding carboxylic acids is 1. The van der Waals surface area contributed by atoms with Gasteiger partial charge in [0.15, 0.2) is 5.13 Å². The fourth-order valence-corrected chi connectivity index (χ4v) is 5.04. The molecule has 2 aromatic carbocycles. The molecule has 0 saturated carbocycles. The van der Waals surface area contributed by atoms with Crippen LogP contribution in [0.2, 0.25) is 10.0 Å². The summed E-state index contributed by atoms with van der Waals surface area (Å²) in [5, 5.41) is 12.7. The molecule has 9 heteroatoms. The largest absolute Gasteiger partial charge is 0.487 e. The molecule has 170 valence electrons. The van der Waals surface area contributed by atoms with Crippen molar-refractivity contribution in [2.75, 3.05) is 5.32 Å². The summed E-state index contributed by atoms with van der Waals surface area (Å²) in [5.41, 5.74) is 3.55. The SMILES string of the molecule is CCCc1cccc2c1OCc1sc(NC(=O)c3cc(Cl)c(/C=C(\C)C(=O)O)c(Cl)c3)nc1-2. The predicted octanol–water partition coefficient (Wildman–Crippen LogP) is 6.70. The lowest BCUT2D eigenvalue weighted by molar-refractivity contribution is -0.132. The second-order valence-electron chi connectivity index (χ2n) is 7.56. The Balaban J connectivity index is 1.59. The number of thiazole rings is 1. The highest BCUT2D eigenvalue weighted by Crippen LogP contribution is 2.43. The van der Waals surface area contributed by atoms with E-state index in [1.54, 1.807) is 0 Å². The number of halogens is 2. The Morgan fingerprint density at radius 2 is 2.00 bits per heavy atom. The van der Waals surface area contributed by atoms with Crippen molar-refractivity contribution in [3.63, 3.8) is 0 Å². The zero-order chi connectivity index (χ0) is 23.7. The molecule has 6 nitrogen and oxygen atoms in total. The highest BCUT2D eigenvalue weighted by atomic mass is 35.5. The van der Waals surface area contributed by atoms with E-state index < -0.39 is 11.9 Å². The van der Waals surface area contributed by atoms with Gasteiger partial charge in [0.2, 0.25) is 0 Å². The van der Waals surface area contributed by atoms with Crippen molar-refractivity contribution >= 4 is 57.6 Å². The molecule has 3 aromatic rings. The number of nitrogens with zero attached hydrogens (tertiary/aromatic N) is 1. The van der Waals surface area contributed by atoms with Gasteiger partial charge in [0.05, 0.1) is 20.6 Å². The van der Waals surface area contributed by atoms with E-state index in [9.17, 15) is 9.59 Å². The minimum absolute atomic E-state index is 0.0777. The summed E-state index contributed by atoms with van der Waals surface area (Å²) >= 11 is 13.9. The second-order valence-corrected chi connectivity index (χ2v) is 9.46. The number of anilines is 1. The second kappa shape index (κ2) is 9.55. The van der Waals surface area contributed by atoms with Gasteiger partial charge >= 0.3 is 5.97 Å². The van der Waals surface area contributed by atoms with Crippen molar-refractivity contribution in [3.8, 4) is 17.0 Å². The van der Waals surface area contributed by atoms with Crippen LogP contribution in [0, 0.1) is 0 Å². The summed E-state index contributed by atoms with van der Waals surface area (Å²) in [4.78, 5) is 29.5. The van der Waals surface area contributed by atoms with Crippen LogP contribution in [0.4, 0.5) is 5.13 Å². The third-order valence-electron chi connectivity index (χ3n) is 5.18. The molecule has 1 aromatic heterocycles. The lowest BCUT2D eigenvalue weighted by atomic mass is 10.0. The van der Waals surface area contributed by atoms with E-state index >= 15 is 0 Å². The number of ether oxygens (including phenoxy) is 1. The molecule has 33 heavy (non-hydrogen) atoms. The fourth-order valence-electron chi connectivity index (χ4n) is 3.56. The molecule has 0 unspecified atom stereocenters. The first-order valence-electron chi connectivity index (χ1n) is 10.2. The van der Waals surface area contributed by atoms with Gasteiger partial charge in [-0.2, -0.15) is 0 Å². The molecule has 0 atom stereocenters. The van der Waals surface area contributed by atoms with Crippen molar-refractivity contribution < 1.29 is 19.4 Å². The van der Waals surface area contributed by atoms with E-state index in [4.69, 9.17) is 33.0 Å². The third kappa shape index (κ3) is 4.76. The fraction of sp³-hybridized carbons (Fsp3) is 0.208. The number of hydrogen-bond acceptors (Lipinski definition) is 5. The minimum atomic E-state index is -1.08. The van der Waals surface area contributed by atoms with E-state index in [-0.39, 0.29) is 21.2 Å². The van der Waals surface area contributed by atoms with Crippen molar-refractivity contribution in [3.05, 3.63) is 67.5 Å². The number of carboxylic acid groups (broad SMARTS) is 1. The molecule has 2 heterocycles. The van der Waals surface area contributed by atoms with Gasteiger partial charge in [0.1, 0.15) is 12.4 Å². The predicted molar refractivity (Wildman–Crippen MR) is 132 cm³/mol. The van der Waals surface area contributed by atoms with Crippen LogP contribution in [0.3, 0.4) is 0 Å². The van der Waals surface area contributed by atoms with Crippen LogP contribution in [-0.2, 0) is 17.8 Å². The average molecular weight is 503 g/mol. The highest BCUT2D eigenvalue weighted by Gasteiger charge is 2.25. The molecule has 0 radical (unpaired) electrons. The summed E-state index contributed by atoms with van der Waals surface area (Å²) in [6, 6.07) is 8.93. The number of aromatic nitrogens is 1. The van der Waals surface area contributed by atoms with Crippen LogP contribution >= 0.6 is 34.5 Å². The maximum absolute atomic E-state index is 12.9. The molecule has 0 saturated heterocycles. The topological polar surface area (TPSA) is 88.5 Å². The van der Waals surface area contributed by atoms with Crippen LogP contribution in [-0.4, -0.2) is 22.0 Å². The zero-order valence-corrected chi connectivity index (χ0v) is 20.2. The van der Waals surface area contributed by atoms with Gasteiger partial charge in [-0.05, 0) is 43.2 Å². The van der Waals surface area contributed by atoms with Crippen LogP contribution in [0.25, 0.3) is 17.3 Å². The molecule has 0 aliphatic carbocycles. The number of fused-ring (bicyclic) bond motifs is 3. The summed E-state index contributed by atoms with van der Waals surface area (Å²) in [7, 11) is 0. The first-order valence-corrected chi connectivity index (χ1v) is 11.8. The minimum Gasteiger partial charge on any atom is -0.487 e. The number of rotatable bonds is 6. The molecule has 1 aliphatic heterocycles. The van der Waals surface area contributed by atoms with Crippen molar-refractivity contribution in [1.29, 1.82) is 0 Å². The Morgan fingerprint density at radius 1 is 1.27 bits per heavy atom. The number of aliphatic carboxylic acids is 1. The van der Waals surface area contributed by atoms with Gasteiger partial charge in [-0.3, -0.25) is 10.1 Å². The highest BCUT2D eigenvalue weighted by molar-refractivity contribution is 7.16. The molecule has 1 aliphatic rings. The van der Waals surface area contributed by atoms with Gasteiger partial charge < -0.3 is 9.84 Å². The monoisotopic (exact) mass is 502 g/mol. The Morgan fingerprint density at radius 3 is 2.67 bits per heavy atom. The quantitative estimate of drug-likeness (QED) is 0.366. The molecular formula is C24H20Cl2N2O4S. The van der Waals surface area contributed by atoms with E-state index in [0.717, 1.165) is 40.3 Å². The number of para-hydroxylation sites is 1. The van der Waals surface area contributed by atoms with Gasteiger partial charge in [-0.25, -0.2) is 9.78 Å². The van der Waals surface area contributed by atoms with E-state index in [0.29, 0.717) is 17.3 Å². The Kier molecular flexibility index (Phi) is 6.74. The summed E-state index contributed by atoms with van der Waals surface area (Å²) in [5.74, 6) is -0.644. The smallest absolute Gasteiger partial charge is 0.331 e. The summed E-state index contributed by atoms with van der Waals surface area (Å²) in [6.45, 7) is 3.96. The lowest BCUT2D eigenvalue weighted by Crippen LogP contribution is -2.12. The Hall–Kier alpha value is -2.87. The standard InChI is InChI=1S/C24H20Cl2N2O4S/c1-3-5-13-6-4-7-15-20-19(11-32-21(13)15)33-24(27-20)28-22(29)14-9-17(25)16(18(26)10-14)8-12(2)23(30)31/h4,6-10H,3,5,11H2,1-2H3,(H,30,31)(H,27,28,29)/b12-8+. The van der Waals surface area contributed by atoms with Crippen molar-refractivity contribution in [1.82, 2.24) is 4.98 Å². The molecule has 2 N–H and O–H groups in total. The molecule has 0 bridgehead atoms. The summed E-state index contributed by atoms with van der Waals surface area (Å²) in [6.07, 6.45) is 3.30. The number of amides is 1. The normalized spacial score (nSPS) is 12.5. The van der Waals surface area contributed by atoms with Gasteiger partial charge in [0, 0.05) is 22.3 Å². The lowest BCUT2D eigenvalue weighted by Gasteiger charge is -2.19. The maximum atomic E-state index is 12.9. The Labute approximate surface area is 204 Å². The molecule has 0 fully saturated rings. The number of carbonyl (C=O) groups is 2. The first kappa shape index (κ1) is 23.3. The van der Waals surface area contributed by atoms with E-state index in [1.807, 2.05) is 12.1 Å². The first-order chi connectivity index (χ1) is 15.8. The maximum Gasteiger partial charge on any atom is 0.331 e. The number of nitrogens with one attached hydrogen (secondary N) is 1. The zero-order valence-electron chi connectivity index (χ0n) is 17.9. The van der Waals surface area contributed by atoms with Gasteiger partial charge in [-0.15, -0.1) is 0 Å². The van der Waals surface area contributed by atoms with E-state index in [2.05, 4.69) is 23.3 Å². The molecule has 1 amide bonds. The van der Waals surface area contributed by atoms with E-state index in [1.165, 1.54) is 36.5 Å². The Bertz CT molecular complexity index is 1280. The number of aryl methyl sites for hydroxylation is 1. The third-order valence-corrected chi connectivity index (χ3v) is 6.75. The molecule has 0 spiro atoms. The molecule has 4 rings (SSSR count). The number of carboxylic acids is 1. The van der Waals surface area contributed by atoms with Crippen LogP contribution in [0.15, 0.2) is 35.9 Å². The van der Waals surface area contributed by atoms with Crippen molar-refractivity contribution in [2.45, 2.75) is 33.3 Å². The van der Waals surface area contributed by atoms with Crippen LogP contribution in [0.5, 0.6) is 5.75 Å². The van der Waals surface area contributed by atoms with Crippen molar-refractivity contribution in [2.24, 2.45) is 0 Å². The average Bonchev–Trinajstić information content (AvgIpc) is 3.19.